The summed E-state index contributed by atoms with van der Waals surface area (Å²) in [4.78, 5) is 0. The number of hydrogen-bond donors (Lipinski definition) is 0. The van der Waals surface area contributed by atoms with E-state index >= 15 is 0 Å². The van der Waals surface area contributed by atoms with Crippen LogP contribution in [0.2, 0.25) is 0 Å². The van der Waals surface area contributed by atoms with E-state index in [-0.39, 0.29) is 11.3 Å². The Morgan fingerprint density at radius 1 is 0.333 bits per heavy atom. The molecule has 0 unspecified atom stereocenters. The largest absolute Gasteiger partial charge is 0.419 e. The van der Waals surface area contributed by atoms with E-state index in [0.717, 1.165) is 63.1 Å². The molecule has 1 fully saturated rings. The summed E-state index contributed by atoms with van der Waals surface area (Å²) in [5.41, 5.74) is 3.76. The van der Waals surface area contributed by atoms with Crippen molar-refractivity contribution in [1.29, 1.82) is 0 Å². The van der Waals surface area contributed by atoms with Crippen LogP contribution in [0, 0.1) is 0 Å². The molecular weight excluding hydrogens is 666 g/mol. The minimum absolute atomic E-state index is 0.119. The molecule has 1 saturated carbocycles. The maximum absolute atomic E-state index is 7.13. The molecule has 0 radical (unpaired) electrons. The molecule has 0 aliphatic heterocycles. The Kier molecular flexibility index (Phi) is 6.66. The Balaban J connectivity index is 1.20. The lowest BCUT2D eigenvalue weighted by Crippen LogP contribution is -1.89. The summed E-state index contributed by atoms with van der Waals surface area (Å²) >= 11 is 0. The molecule has 10 aromatic rings. The molecule has 51 heavy (non-hydrogen) atoms. The van der Waals surface area contributed by atoms with Gasteiger partial charge in [-0.25, -0.2) is 0 Å². The molecule has 2 atom stereocenters. The van der Waals surface area contributed by atoms with Gasteiger partial charge in [-0.15, -0.1) is 0 Å². The maximum atomic E-state index is 7.13. The summed E-state index contributed by atoms with van der Waals surface area (Å²) in [7, 11) is -2.78. The van der Waals surface area contributed by atoms with Crippen molar-refractivity contribution in [2.24, 2.45) is 0 Å². The van der Waals surface area contributed by atoms with Crippen LogP contribution >= 0.6 is 16.0 Å². The van der Waals surface area contributed by atoms with Crippen LogP contribution in [0.4, 0.5) is 0 Å². The van der Waals surface area contributed by atoms with Crippen molar-refractivity contribution in [3.8, 4) is 0 Å². The van der Waals surface area contributed by atoms with Crippen LogP contribution in [0.15, 0.2) is 162 Å². The van der Waals surface area contributed by atoms with Gasteiger partial charge in [0.1, 0.15) is 22.3 Å². The van der Waals surface area contributed by atoms with E-state index in [1.807, 2.05) is 0 Å². The van der Waals surface area contributed by atoms with Gasteiger partial charge in [0.15, 0.2) is 0 Å². The van der Waals surface area contributed by atoms with E-state index in [9.17, 15) is 0 Å². The fourth-order valence-electron chi connectivity index (χ4n) is 8.45. The summed E-state index contributed by atoms with van der Waals surface area (Å²) < 4.78 is 28.5. The first-order valence-corrected chi connectivity index (χ1v) is 20.2. The summed E-state index contributed by atoms with van der Waals surface area (Å²) in [5, 5.41) is 13.8. The Morgan fingerprint density at radius 2 is 0.608 bits per heavy atom. The monoisotopic (exact) mass is 698 g/mol. The van der Waals surface area contributed by atoms with E-state index < -0.39 is 16.0 Å². The lowest BCUT2D eigenvalue weighted by Gasteiger charge is -2.14. The Labute approximate surface area is 295 Å². The molecule has 246 valence electrons. The zero-order valence-electron chi connectivity index (χ0n) is 27.7. The standard InChI is InChI=1S/C45H32O4P2/c1-5-14-32-28(10-1)20-24-36-42(32)43-33-15-6-2-11-29(33)21-25-37(43)47-50(46-36)40-18-9-19-41(40)51-48-38-26-22-30-12-3-7-16-34(30)44(38)45-35-17-8-4-13-31(35)23-27-39(45)49-51/h1-8,10-17,20-27,40-41H,9,18-19H2/t40-,41-/m1/s1. The molecule has 1 aliphatic carbocycles. The average Bonchev–Trinajstić information content (AvgIpc) is 3.52. The summed E-state index contributed by atoms with van der Waals surface area (Å²) in [5.74, 6) is 0. The fraction of sp³-hybridized carbons (Fsp3) is 0.111. The third-order valence-electron chi connectivity index (χ3n) is 10.8. The van der Waals surface area contributed by atoms with Crippen LogP contribution in [0.3, 0.4) is 0 Å². The SMILES string of the molecule is c1ccc2c(c1)ccc1op([C@@H]3CCC[C@H]3p3oc4ccc5ccccc5c4c4c(ccc5ccccc54)o3)oc3ccc4ccccc4c3c12. The second-order valence-corrected chi connectivity index (χ2v) is 16.8. The van der Waals surface area contributed by atoms with Gasteiger partial charge in [-0.2, -0.15) is 0 Å². The van der Waals surface area contributed by atoms with E-state index in [2.05, 4.69) is 146 Å². The van der Waals surface area contributed by atoms with Gasteiger partial charge in [0.2, 0.25) is 16.0 Å². The maximum Gasteiger partial charge on any atom is 0.221 e. The van der Waals surface area contributed by atoms with Crippen molar-refractivity contribution in [2.75, 3.05) is 0 Å². The molecule has 2 aromatic heterocycles. The van der Waals surface area contributed by atoms with Gasteiger partial charge in [-0.1, -0.05) is 128 Å². The van der Waals surface area contributed by atoms with Gasteiger partial charge in [-0.3, -0.25) is 0 Å². The Morgan fingerprint density at radius 3 is 0.902 bits per heavy atom. The van der Waals surface area contributed by atoms with Crippen LogP contribution in [0.1, 0.15) is 30.6 Å². The topological polar surface area (TPSA) is 52.6 Å². The van der Waals surface area contributed by atoms with Crippen molar-refractivity contribution < 1.29 is 16.8 Å². The van der Waals surface area contributed by atoms with Crippen molar-refractivity contribution in [2.45, 2.75) is 30.6 Å². The quantitative estimate of drug-likeness (QED) is 0.180. The highest BCUT2D eigenvalue weighted by Crippen LogP contribution is 2.64. The average molecular weight is 699 g/mol. The normalized spacial score (nSPS) is 16.4. The lowest BCUT2D eigenvalue weighted by molar-refractivity contribution is 0.573. The molecule has 0 spiro atoms. The van der Waals surface area contributed by atoms with E-state index in [1.165, 1.54) is 43.1 Å². The first-order valence-electron chi connectivity index (χ1n) is 17.7. The van der Waals surface area contributed by atoms with Crippen LogP contribution in [-0.2, 0) is 0 Å². The summed E-state index contributed by atoms with van der Waals surface area (Å²) in [6.07, 6.45) is 3.04. The highest BCUT2D eigenvalue weighted by atomic mass is 31.1. The Hall–Kier alpha value is -5.40. The number of hydrogen-bond acceptors (Lipinski definition) is 4. The third kappa shape index (κ3) is 4.60. The first kappa shape index (κ1) is 29.3. The summed E-state index contributed by atoms with van der Waals surface area (Å²) in [6, 6.07) is 51.6. The second kappa shape index (κ2) is 11.6. The van der Waals surface area contributed by atoms with Crippen LogP contribution in [-0.4, -0.2) is 0 Å². The molecule has 2 heterocycles. The van der Waals surface area contributed by atoms with Crippen LogP contribution < -0.4 is 0 Å². The minimum atomic E-state index is -1.39. The molecule has 8 aromatic carbocycles. The molecule has 0 N–H and O–H groups in total. The molecule has 1 aliphatic rings. The van der Waals surface area contributed by atoms with Gasteiger partial charge in [-0.05, 0) is 80.2 Å². The number of rotatable bonds is 2. The highest BCUT2D eigenvalue weighted by Gasteiger charge is 2.38. The third-order valence-corrected chi connectivity index (χ3v) is 14.9. The minimum Gasteiger partial charge on any atom is -0.419 e. The zero-order chi connectivity index (χ0) is 33.5. The van der Waals surface area contributed by atoms with E-state index in [4.69, 9.17) is 16.8 Å². The summed E-state index contributed by atoms with van der Waals surface area (Å²) in [6.45, 7) is 0. The van der Waals surface area contributed by atoms with Gasteiger partial charge in [0.25, 0.3) is 0 Å². The van der Waals surface area contributed by atoms with Gasteiger partial charge in [0, 0.05) is 21.5 Å². The van der Waals surface area contributed by atoms with E-state index in [0.29, 0.717) is 0 Å². The highest BCUT2D eigenvalue weighted by molar-refractivity contribution is 7.42. The molecule has 6 heteroatoms. The number of fused-ring (bicyclic) bond motifs is 14. The van der Waals surface area contributed by atoms with Crippen molar-refractivity contribution in [3.63, 3.8) is 0 Å². The van der Waals surface area contributed by atoms with Gasteiger partial charge < -0.3 is 16.8 Å². The molecule has 11 rings (SSSR count). The first-order chi connectivity index (χ1) is 25.3. The zero-order valence-corrected chi connectivity index (χ0v) is 29.4. The van der Waals surface area contributed by atoms with Gasteiger partial charge >= 0.3 is 0 Å². The fourth-order valence-corrected chi connectivity index (χ4v) is 12.8. The predicted molar refractivity (Wildman–Crippen MR) is 215 cm³/mol. The van der Waals surface area contributed by atoms with E-state index in [1.54, 1.807) is 0 Å². The van der Waals surface area contributed by atoms with Crippen molar-refractivity contribution in [1.82, 2.24) is 0 Å². The molecule has 4 nitrogen and oxygen atoms in total. The molecule has 0 amide bonds. The van der Waals surface area contributed by atoms with Gasteiger partial charge in [0.05, 0.1) is 11.3 Å². The van der Waals surface area contributed by atoms with Crippen LogP contribution in [0.25, 0.3) is 87.0 Å². The van der Waals surface area contributed by atoms with Crippen molar-refractivity contribution in [3.05, 3.63) is 146 Å². The molecular formula is C45H32O4P2. The smallest absolute Gasteiger partial charge is 0.221 e. The predicted octanol–water partition coefficient (Wildman–Crippen LogP) is 15.5. The number of benzene rings is 8. The second-order valence-electron chi connectivity index (χ2n) is 13.6. The van der Waals surface area contributed by atoms with Crippen molar-refractivity contribution >= 4 is 103 Å². The van der Waals surface area contributed by atoms with Crippen LogP contribution in [0.5, 0.6) is 0 Å². The lowest BCUT2D eigenvalue weighted by atomic mass is 9.99. The Bertz CT molecular complexity index is 2700. The molecule has 0 bridgehead atoms. The molecule has 0 saturated heterocycles.